The first kappa shape index (κ1) is 11.7. The Balaban J connectivity index is 1.89. The lowest BCUT2D eigenvalue weighted by Crippen LogP contribution is -2.43. The summed E-state index contributed by atoms with van der Waals surface area (Å²) < 4.78 is 0. The Morgan fingerprint density at radius 2 is 2.29 bits per heavy atom. The van der Waals surface area contributed by atoms with Gasteiger partial charge in [0, 0.05) is 12.1 Å². The molecule has 0 bridgehead atoms. The summed E-state index contributed by atoms with van der Waals surface area (Å²) in [5.74, 6) is 0.677. The molecule has 5 heteroatoms. The fraction of sp³-hybridized carbons (Fsp3) is 0.500. The first-order valence-electron chi connectivity index (χ1n) is 5.77. The Kier molecular flexibility index (Phi) is 3.16. The predicted octanol–water partition coefficient (Wildman–Crippen LogP) is 1.36. The first-order chi connectivity index (χ1) is 8.13. The van der Waals surface area contributed by atoms with Gasteiger partial charge in [-0.25, -0.2) is 0 Å². The van der Waals surface area contributed by atoms with Crippen molar-refractivity contribution in [3.05, 3.63) is 18.3 Å². The standard InChI is InChI=1S/C12H16N4O/c13-8-12(14)5-3-9(4-6-12)11(17)16-10-2-1-7-15-10/h1-2,7,9,15H,3-6,14H2,(H,16,17). The van der Waals surface area contributed by atoms with Crippen molar-refractivity contribution in [3.8, 4) is 6.07 Å². The molecule has 1 heterocycles. The van der Waals surface area contributed by atoms with Crippen LogP contribution < -0.4 is 11.1 Å². The van der Waals surface area contributed by atoms with E-state index < -0.39 is 5.54 Å². The molecule has 0 unspecified atom stereocenters. The Morgan fingerprint density at radius 1 is 1.59 bits per heavy atom. The highest BCUT2D eigenvalue weighted by molar-refractivity contribution is 5.91. The van der Waals surface area contributed by atoms with Crippen molar-refractivity contribution in [1.82, 2.24) is 4.98 Å². The van der Waals surface area contributed by atoms with E-state index in [4.69, 9.17) is 11.0 Å². The van der Waals surface area contributed by atoms with Gasteiger partial charge in [0.15, 0.2) is 0 Å². The van der Waals surface area contributed by atoms with E-state index in [1.54, 1.807) is 6.20 Å². The maximum atomic E-state index is 11.9. The molecule has 0 aromatic carbocycles. The van der Waals surface area contributed by atoms with Gasteiger partial charge in [-0.2, -0.15) is 5.26 Å². The third-order valence-corrected chi connectivity index (χ3v) is 3.33. The second kappa shape index (κ2) is 4.60. The minimum Gasteiger partial charge on any atom is -0.348 e. The van der Waals surface area contributed by atoms with E-state index in [9.17, 15) is 4.79 Å². The minimum atomic E-state index is -0.733. The van der Waals surface area contributed by atoms with Crippen LogP contribution in [-0.4, -0.2) is 16.4 Å². The largest absolute Gasteiger partial charge is 0.348 e. The summed E-state index contributed by atoms with van der Waals surface area (Å²) in [6.45, 7) is 0. The fourth-order valence-corrected chi connectivity index (χ4v) is 2.15. The van der Waals surface area contributed by atoms with Crippen LogP contribution in [0.15, 0.2) is 18.3 Å². The molecule has 0 atom stereocenters. The van der Waals surface area contributed by atoms with E-state index in [1.807, 2.05) is 12.1 Å². The van der Waals surface area contributed by atoms with Crippen molar-refractivity contribution >= 4 is 11.7 Å². The van der Waals surface area contributed by atoms with Crippen LogP contribution in [0.2, 0.25) is 0 Å². The van der Waals surface area contributed by atoms with Crippen LogP contribution in [0.4, 0.5) is 5.82 Å². The van der Waals surface area contributed by atoms with Gasteiger partial charge >= 0.3 is 0 Å². The van der Waals surface area contributed by atoms with Gasteiger partial charge in [0.2, 0.25) is 5.91 Å². The molecule has 17 heavy (non-hydrogen) atoms. The lowest BCUT2D eigenvalue weighted by Gasteiger charge is -2.30. The lowest BCUT2D eigenvalue weighted by atomic mass is 9.77. The summed E-state index contributed by atoms with van der Waals surface area (Å²) in [5, 5.41) is 11.7. The summed E-state index contributed by atoms with van der Waals surface area (Å²) in [7, 11) is 0. The number of H-pyrrole nitrogens is 1. The van der Waals surface area contributed by atoms with Gasteiger partial charge in [-0.15, -0.1) is 0 Å². The number of nitrogens with one attached hydrogen (secondary N) is 2. The number of aromatic nitrogens is 1. The number of rotatable bonds is 2. The van der Waals surface area contributed by atoms with E-state index in [-0.39, 0.29) is 11.8 Å². The highest BCUT2D eigenvalue weighted by atomic mass is 16.1. The molecule has 1 aromatic rings. The zero-order chi connectivity index (χ0) is 12.3. The van der Waals surface area contributed by atoms with Gasteiger partial charge < -0.3 is 16.0 Å². The molecule has 90 valence electrons. The van der Waals surface area contributed by atoms with Crippen LogP contribution in [0.3, 0.4) is 0 Å². The quantitative estimate of drug-likeness (QED) is 0.718. The summed E-state index contributed by atoms with van der Waals surface area (Å²) in [5.41, 5.74) is 5.12. The van der Waals surface area contributed by atoms with Crippen LogP contribution >= 0.6 is 0 Å². The summed E-state index contributed by atoms with van der Waals surface area (Å²) in [6.07, 6.45) is 4.29. The van der Waals surface area contributed by atoms with Crippen LogP contribution in [0.25, 0.3) is 0 Å². The minimum absolute atomic E-state index is 0.00689. The molecule has 4 N–H and O–H groups in total. The Hall–Kier alpha value is -1.80. The van der Waals surface area contributed by atoms with Crippen LogP contribution in [0, 0.1) is 17.2 Å². The average Bonchev–Trinajstić information content (AvgIpc) is 2.83. The molecular weight excluding hydrogens is 216 g/mol. The van der Waals surface area contributed by atoms with E-state index >= 15 is 0 Å². The Morgan fingerprint density at radius 3 is 2.82 bits per heavy atom. The van der Waals surface area contributed by atoms with E-state index in [0.717, 1.165) is 0 Å². The summed E-state index contributed by atoms with van der Waals surface area (Å²) in [4.78, 5) is 14.8. The molecule has 1 aliphatic rings. The highest BCUT2D eigenvalue weighted by Gasteiger charge is 2.34. The third kappa shape index (κ3) is 2.66. The zero-order valence-electron chi connectivity index (χ0n) is 9.57. The van der Waals surface area contributed by atoms with Gasteiger partial charge in [-0.3, -0.25) is 4.79 Å². The SMILES string of the molecule is N#CC1(N)CCC(C(=O)Nc2ccc[nH]2)CC1. The van der Waals surface area contributed by atoms with Gasteiger partial charge in [-0.05, 0) is 37.8 Å². The number of carbonyl (C=O) groups excluding carboxylic acids is 1. The lowest BCUT2D eigenvalue weighted by molar-refractivity contribution is -0.121. The number of aromatic amines is 1. The van der Waals surface area contributed by atoms with Crippen molar-refractivity contribution < 1.29 is 4.79 Å². The number of amides is 1. The van der Waals surface area contributed by atoms with Crippen LogP contribution in [0.5, 0.6) is 0 Å². The molecule has 1 saturated carbocycles. The van der Waals surface area contributed by atoms with E-state index in [0.29, 0.717) is 31.5 Å². The van der Waals surface area contributed by atoms with Gasteiger partial charge in [-0.1, -0.05) is 0 Å². The number of nitrogens with zero attached hydrogens (tertiary/aromatic N) is 1. The Labute approximate surface area is 100.0 Å². The maximum absolute atomic E-state index is 11.9. The second-order valence-electron chi connectivity index (χ2n) is 4.62. The topological polar surface area (TPSA) is 94.7 Å². The van der Waals surface area contributed by atoms with Crippen LogP contribution in [-0.2, 0) is 4.79 Å². The normalized spacial score (nSPS) is 28.4. The molecule has 1 aliphatic carbocycles. The molecule has 0 saturated heterocycles. The van der Waals surface area contributed by atoms with Gasteiger partial charge in [0.25, 0.3) is 0 Å². The van der Waals surface area contributed by atoms with Crippen molar-refractivity contribution in [2.45, 2.75) is 31.2 Å². The number of hydrogen-bond donors (Lipinski definition) is 3. The number of hydrogen-bond acceptors (Lipinski definition) is 3. The molecule has 0 aliphatic heterocycles. The highest BCUT2D eigenvalue weighted by Crippen LogP contribution is 2.30. The molecule has 0 spiro atoms. The second-order valence-corrected chi connectivity index (χ2v) is 4.62. The number of carbonyl (C=O) groups is 1. The fourth-order valence-electron chi connectivity index (χ4n) is 2.15. The zero-order valence-corrected chi connectivity index (χ0v) is 9.57. The Bertz CT molecular complexity index is 424. The summed E-state index contributed by atoms with van der Waals surface area (Å²) >= 11 is 0. The monoisotopic (exact) mass is 232 g/mol. The average molecular weight is 232 g/mol. The maximum Gasteiger partial charge on any atom is 0.228 e. The van der Waals surface area contributed by atoms with Crippen LogP contribution in [0.1, 0.15) is 25.7 Å². The van der Waals surface area contributed by atoms with Gasteiger partial charge in [0.05, 0.1) is 6.07 Å². The predicted molar refractivity (Wildman–Crippen MR) is 63.9 cm³/mol. The van der Waals surface area contributed by atoms with E-state index in [2.05, 4.69) is 16.4 Å². The molecular formula is C12H16N4O. The molecule has 2 rings (SSSR count). The van der Waals surface area contributed by atoms with Crippen molar-refractivity contribution in [2.24, 2.45) is 11.7 Å². The molecule has 1 aromatic heterocycles. The number of nitriles is 1. The van der Waals surface area contributed by atoms with Crippen molar-refractivity contribution in [1.29, 1.82) is 5.26 Å². The van der Waals surface area contributed by atoms with Crippen molar-refractivity contribution in [3.63, 3.8) is 0 Å². The smallest absolute Gasteiger partial charge is 0.228 e. The molecule has 1 amide bonds. The first-order valence-corrected chi connectivity index (χ1v) is 5.77. The van der Waals surface area contributed by atoms with Gasteiger partial charge in [0.1, 0.15) is 11.4 Å². The number of nitrogens with two attached hydrogens (primary N) is 1. The molecule has 5 nitrogen and oxygen atoms in total. The molecule has 0 radical (unpaired) electrons. The molecule has 1 fully saturated rings. The third-order valence-electron chi connectivity index (χ3n) is 3.33. The summed E-state index contributed by atoms with van der Waals surface area (Å²) in [6, 6.07) is 5.76. The number of anilines is 1. The van der Waals surface area contributed by atoms with E-state index in [1.165, 1.54) is 0 Å². The van der Waals surface area contributed by atoms with Crippen molar-refractivity contribution in [2.75, 3.05) is 5.32 Å².